The summed E-state index contributed by atoms with van der Waals surface area (Å²) in [5.41, 5.74) is 1.60. The molecular weight excluding hydrogens is 232 g/mol. The zero-order valence-corrected chi connectivity index (χ0v) is 10.8. The van der Waals surface area contributed by atoms with Gasteiger partial charge in [0.2, 0.25) is 0 Å². The molecule has 1 aliphatic rings. The van der Waals surface area contributed by atoms with Crippen molar-refractivity contribution in [3.63, 3.8) is 0 Å². The lowest BCUT2D eigenvalue weighted by atomic mass is 10.1. The highest BCUT2D eigenvalue weighted by Crippen LogP contribution is 2.22. The van der Waals surface area contributed by atoms with E-state index in [0.29, 0.717) is 5.92 Å². The third-order valence-corrected chi connectivity index (χ3v) is 4.25. The van der Waals surface area contributed by atoms with E-state index < -0.39 is 0 Å². The van der Waals surface area contributed by atoms with Crippen LogP contribution in [0.15, 0.2) is 24.3 Å². The average Bonchev–Trinajstić information content (AvgIpc) is 2.89. The van der Waals surface area contributed by atoms with Crippen molar-refractivity contribution in [1.82, 2.24) is 5.32 Å². The van der Waals surface area contributed by atoms with Gasteiger partial charge in [-0.15, -0.1) is 0 Å². The van der Waals surface area contributed by atoms with Crippen LogP contribution in [0.5, 0.6) is 0 Å². The molecule has 1 amide bonds. The van der Waals surface area contributed by atoms with Gasteiger partial charge >= 0.3 is 0 Å². The molecule has 92 valence electrons. The van der Waals surface area contributed by atoms with Crippen molar-refractivity contribution in [2.24, 2.45) is 5.92 Å². The topological polar surface area (TPSA) is 41.1 Å². The molecule has 0 radical (unpaired) electrons. The number of hydrogen-bond acceptors (Lipinski definition) is 3. The summed E-state index contributed by atoms with van der Waals surface area (Å²) in [6.45, 7) is 0.796. The Balaban J connectivity index is 1.94. The monoisotopic (exact) mass is 250 g/mol. The van der Waals surface area contributed by atoms with Crippen LogP contribution in [0, 0.1) is 5.92 Å². The Labute approximate surface area is 106 Å². The van der Waals surface area contributed by atoms with Crippen LogP contribution in [-0.2, 0) is 0 Å². The lowest BCUT2D eigenvalue weighted by Gasteiger charge is -2.12. The van der Waals surface area contributed by atoms with E-state index in [-0.39, 0.29) is 5.91 Å². The Morgan fingerprint density at radius 2 is 2.29 bits per heavy atom. The molecule has 1 aliphatic heterocycles. The molecule has 1 unspecified atom stereocenters. The van der Waals surface area contributed by atoms with Gasteiger partial charge in [-0.25, -0.2) is 0 Å². The van der Waals surface area contributed by atoms with Crippen LogP contribution in [0.4, 0.5) is 5.69 Å². The number of benzene rings is 1. The van der Waals surface area contributed by atoms with Crippen molar-refractivity contribution in [3.05, 3.63) is 29.8 Å². The fraction of sp³-hybridized carbons (Fsp3) is 0.462. The van der Waals surface area contributed by atoms with E-state index >= 15 is 0 Å². The van der Waals surface area contributed by atoms with Crippen LogP contribution in [0.2, 0.25) is 0 Å². The number of thioether (sulfide) groups is 1. The Hall–Kier alpha value is -1.16. The molecule has 17 heavy (non-hydrogen) atoms. The summed E-state index contributed by atoms with van der Waals surface area (Å²) < 4.78 is 0. The summed E-state index contributed by atoms with van der Waals surface area (Å²) in [6, 6.07) is 7.59. The third-order valence-electron chi connectivity index (χ3n) is 3.02. The summed E-state index contributed by atoms with van der Waals surface area (Å²) in [5, 5.41) is 6.06. The van der Waals surface area contributed by atoms with Crippen molar-refractivity contribution in [2.75, 3.05) is 30.4 Å². The number of para-hydroxylation sites is 1. The van der Waals surface area contributed by atoms with Crippen LogP contribution in [-0.4, -0.2) is 31.0 Å². The SMILES string of the molecule is CNc1ccccc1C(=O)NCC1CCSC1. The van der Waals surface area contributed by atoms with Gasteiger partial charge < -0.3 is 10.6 Å². The molecule has 1 heterocycles. The number of carbonyl (C=O) groups excluding carboxylic acids is 1. The van der Waals surface area contributed by atoms with Crippen molar-refractivity contribution in [1.29, 1.82) is 0 Å². The normalized spacial score (nSPS) is 19.0. The predicted molar refractivity (Wildman–Crippen MR) is 73.8 cm³/mol. The molecule has 0 aliphatic carbocycles. The van der Waals surface area contributed by atoms with Crippen LogP contribution in [0.25, 0.3) is 0 Å². The van der Waals surface area contributed by atoms with Crippen molar-refractivity contribution in [2.45, 2.75) is 6.42 Å². The minimum absolute atomic E-state index is 0.0202. The predicted octanol–water partition coefficient (Wildman–Crippen LogP) is 2.21. The van der Waals surface area contributed by atoms with Crippen LogP contribution >= 0.6 is 11.8 Å². The Morgan fingerprint density at radius 3 is 3.00 bits per heavy atom. The third kappa shape index (κ3) is 3.16. The smallest absolute Gasteiger partial charge is 0.253 e. The fourth-order valence-electron chi connectivity index (χ4n) is 1.98. The van der Waals surface area contributed by atoms with E-state index in [1.807, 2.05) is 43.1 Å². The maximum Gasteiger partial charge on any atom is 0.253 e. The molecule has 1 atom stereocenters. The van der Waals surface area contributed by atoms with Gasteiger partial charge in [0.15, 0.2) is 0 Å². The number of rotatable bonds is 4. The van der Waals surface area contributed by atoms with Gasteiger partial charge in [0.1, 0.15) is 0 Å². The van der Waals surface area contributed by atoms with E-state index in [2.05, 4.69) is 10.6 Å². The van der Waals surface area contributed by atoms with E-state index in [9.17, 15) is 4.79 Å². The molecule has 3 nitrogen and oxygen atoms in total. The highest BCUT2D eigenvalue weighted by Gasteiger charge is 2.17. The van der Waals surface area contributed by atoms with Gasteiger partial charge in [0.25, 0.3) is 5.91 Å². The molecule has 0 aromatic heterocycles. The highest BCUT2D eigenvalue weighted by atomic mass is 32.2. The van der Waals surface area contributed by atoms with E-state index in [1.165, 1.54) is 17.9 Å². The molecule has 0 bridgehead atoms. The van der Waals surface area contributed by atoms with Crippen LogP contribution < -0.4 is 10.6 Å². The van der Waals surface area contributed by atoms with Crippen LogP contribution in [0.3, 0.4) is 0 Å². The zero-order chi connectivity index (χ0) is 12.1. The summed E-state index contributed by atoms with van der Waals surface area (Å²) in [6.07, 6.45) is 1.22. The second-order valence-electron chi connectivity index (χ2n) is 4.24. The zero-order valence-electron chi connectivity index (χ0n) is 10.0. The molecule has 0 spiro atoms. The molecule has 0 saturated carbocycles. The molecule has 1 aromatic rings. The lowest BCUT2D eigenvalue weighted by molar-refractivity contribution is 0.0949. The molecule has 4 heteroatoms. The summed E-state index contributed by atoms with van der Waals surface area (Å²) in [5.74, 6) is 3.07. The standard InChI is InChI=1S/C13H18N2OS/c1-14-12-5-3-2-4-11(12)13(16)15-8-10-6-7-17-9-10/h2-5,10,14H,6-9H2,1H3,(H,15,16). The maximum absolute atomic E-state index is 12.0. The second-order valence-corrected chi connectivity index (χ2v) is 5.39. The molecular formula is C13H18N2OS. The first-order valence-electron chi connectivity index (χ1n) is 5.94. The minimum Gasteiger partial charge on any atom is -0.387 e. The van der Waals surface area contributed by atoms with E-state index in [0.717, 1.165) is 17.8 Å². The molecule has 2 N–H and O–H groups in total. The number of nitrogens with one attached hydrogen (secondary N) is 2. The van der Waals surface area contributed by atoms with E-state index in [4.69, 9.17) is 0 Å². The largest absolute Gasteiger partial charge is 0.387 e. The lowest BCUT2D eigenvalue weighted by Crippen LogP contribution is -2.29. The van der Waals surface area contributed by atoms with Gasteiger partial charge in [-0.3, -0.25) is 4.79 Å². The Bertz CT molecular complexity index is 389. The van der Waals surface area contributed by atoms with Gasteiger partial charge in [-0.1, -0.05) is 12.1 Å². The Kier molecular flexibility index (Phi) is 4.31. The minimum atomic E-state index is 0.0202. The summed E-state index contributed by atoms with van der Waals surface area (Å²) in [4.78, 5) is 12.0. The summed E-state index contributed by atoms with van der Waals surface area (Å²) >= 11 is 1.97. The first-order valence-corrected chi connectivity index (χ1v) is 7.09. The second kappa shape index (κ2) is 5.96. The average molecular weight is 250 g/mol. The highest BCUT2D eigenvalue weighted by molar-refractivity contribution is 7.99. The van der Waals surface area contributed by atoms with Gasteiger partial charge in [-0.2, -0.15) is 11.8 Å². The van der Waals surface area contributed by atoms with Crippen molar-refractivity contribution < 1.29 is 4.79 Å². The van der Waals surface area contributed by atoms with Gasteiger partial charge in [0, 0.05) is 19.3 Å². The van der Waals surface area contributed by atoms with Gasteiger partial charge in [0.05, 0.1) is 5.56 Å². The fourth-order valence-corrected chi connectivity index (χ4v) is 3.26. The van der Waals surface area contributed by atoms with Crippen LogP contribution in [0.1, 0.15) is 16.8 Å². The number of anilines is 1. The maximum atomic E-state index is 12.0. The molecule has 1 aromatic carbocycles. The quantitative estimate of drug-likeness (QED) is 0.861. The number of amides is 1. The molecule has 1 fully saturated rings. The summed E-state index contributed by atoms with van der Waals surface area (Å²) in [7, 11) is 1.83. The number of hydrogen-bond donors (Lipinski definition) is 2. The van der Waals surface area contributed by atoms with Crippen molar-refractivity contribution in [3.8, 4) is 0 Å². The van der Waals surface area contributed by atoms with Gasteiger partial charge in [-0.05, 0) is 36.0 Å². The first-order chi connectivity index (χ1) is 8.31. The van der Waals surface area contributed by atoms with Crippen molar-refractivity contribution >= 4 is 23.4 Å². The molecule has 1 saturated heterocycles. The molecule has 2 rings (SSSR count). The number of carbonyl (C=O) groups is 1. The Morgan fingerprint density at radius 1 is 1.47 bits per heavy atom. The van der Waals surface area contributed by atoms with E-state index in [1.54, 1.807) is 0 Å². The first kappa shape index (κ1) is 12.3.